The number of fused-ring (bicyclic) bond motifs is 1. The van der Waals surface area contributed by atoms with E-state index < -0.39 is 42.5 Å². The van der Waals surface area contributed by atoms with Crippen molar-refractivity contribution in [2.45, 2.75) is 52.0 Å². The molecule has 1 atom stereocenters. The van der Waals surface area contributed by atoms with E-state index in [1.54, 1.807) is 19.1 Å². The predicted octanol–water partition coefficient (Wildman–Crippen LogP) is -0.412. The fourth-order valence-electron chi connectivity index (χ4n) is 3.03. The molecule has 0 aliphatic carbocycles. The van der Waals surface area contributed by atoms with Crippen LogP contribution in [-0.2, 0) is 20.8 Å². The Bertz CT molecular complexity index is 994. The molecule has 0 fully saturated rings. The summed E-state index contributed by atoms with van der Waals surface area (Å²) in [6, 6.07) is 3.38. The molecule has 9 heteroatoms. The van der Waals surface area contributed by atoms with Crippen LogP contribution < -0.4 is 25.9 Å². The number of unbranched alkanes of at least 4 members (excludes halogenated alkanes) is 1. The smallest absolute Gasteiger partial charge is 0.336 e. The third kappa shape index (κ3) is 6.07. The van der Waals surface area contributed by atoms with Gasteiger partial charge in [0.25, 0.3) is 5.91 Å². The van der Waals surface area contributed by atoms with Gasteiger partial charge in [-0.3, -0.25) is 4.79 Å². The Morgan fingerprint density at radius 1 is 1.23 bits per heavy atom. The molecule has 1 amide bonds. The van der Waals surface area contributed by atoms with Crippen molar-refractivity contribution in [2.24, 2.45) is 0 Å². The molecule has 2 rings (SSSR count). The van der Waals surface area contributed by atoms with Crippen molar-refractivity contribution in [2.75, 3.05) is 6.61 Å². The second-order valence-corrected chi connectivity index (χ2v) is 6.90. The largest absolute Gasteiger partial charge is 0.550 e. The number of carboxylic acid groups (broad SMARTS) is 2. The average molecular weight is 417 g/mol. The summed E-state index contributed by atoms with van der Waals surface area (Å²) in [5.74, 6) is -3.50. The highest BCUT2D eigenvalue weighted by atomic mass is 16.5. The second kappa shape index (κ2) is 10.4. The number of aliphatic carboxylic acids is 2. The monoisotopic (exact) mass is 417 g/mol. The van der Waals surface area contributed by atoms with Crippen molar-refractivity contribution >= 4 is 28.8 Å². The lowest BCUT2D eigenvalue weighted by Crippen LogP contribution is -2.49. The molecule has 1 aromatic carbocycles. The van der Waals surface area contributed by atoms with Crippen molar-refractivity contribution in [3.05, 3.63) is 39.7 Å². The highest BCUT2D eigenvalue weighted by molar-refractivity contribution is 5.86. The Balaban J connectivity index is 2.13. The average Bonchev–Trinajstić information content (AvgIpc) is 2.68. The summed E-state index contributed by atoms with van der Waals surface area (Å²) in [4.78, 5) is 45.4. The number of nitrogens with one attached hydrogen (secondary N) is 1. The van der Waals surface area contributed by atoms with Crippen molar-refractivity contribution in [3.63, 3.8) is 0 Å². The molecule has 9 nitrogen and oxygen atoms in total. The number of hydrogen-bond donors (Lipinski definition) is 1. The fraction of sp³-hybridized carbons (Fsp3) is 0.429. The van der Waals surface area contributed by atoms with Crippen LogP contribution in [-0.4, -0.2) is 30.5 Å². The summed E-state index contributed by atoms with van der Waals surface area (Å²) in [7, 11) is 0. The van der Waals surface area contributed by atoms with Gasteiger partial charge in [0.2, 0.25) is 0 Å². The minimum atomic E-state index is -1.60. The van der Waals surface area contributed by atoms with Crippen molar-refractivity contribution in [1.29, 1.82) is 0 Å². The lowest BCUT2D eigenvalue weighted by molar-refractivity contribution is -0.310. The van der Waals surface area contributed by atoms with Crippen LogP contribution >= 0.6 is 0 Å². The third-order valence-corrected chi connectivity index (χ3v) is 4.61. The van der Waals surface area contributed by atoms with Crippen molar-refractivity contribution in [3.8, 4) is 5.75 Å². The first kappa shape index (κ1) is 22.9. The van der Waals surface area contributed by atoms with Crippen LogP contribution in [0.15, 0.2) is 27.4 Å². The quantitative estimate of drug-likeness (QED) is 0.485. The minimum absolute atomic E-state index is 0.299. The number of carboxylic acids is 2. The van der Waals surface area contributed by atoms with Crippen molar-refractivity contribution in [1.82, 2.24) is 5.32 Å². The van der Waals surface area contributed by atoms with E-state index in [0.717, 1.165) is 30.2 Å². The second-order valence-electron chi connectivity index (χ2n) is 6.90. The molecule has 0 spiro atoms. The van der Waals surface area contributed by atoms with E-state index in [4.69, 9.17) is 9.15 Å². The van der Waals surface area contributed by atoms with Crippen LogP contribution in [0.5, 0.6) is 5.75 Å². The van der Waals surface area contributed by atoms with E-state index in [-0.39, 0.29) is 6.42 Å². The first-order valence-electron chi connectivity index (χ1n) is 9.62. The molecule has 0 aliphatic rings. The first-order chi connectivity index (χ1) is 14.2. The van der Waals surface area contributed by atoms with E-state index in [2.05, 4.69) is 12.2 Å². The number of amides is 1. The number of ether oxygens (including phenoxy) is 1. The van der Waals surface area contributed by atoms with E-state index in [9.17, 15) is 29.4 Å². The lowest BCUT2D eigenvalue weighted by atomic mass is 10.0. The normalized spacial score (nSPS) is 11.8. The molecule has 0 bridgehead atoms. The van der Waals surface area contributed by atoms with Gasteiger partial charge in [-0.2, -0.15) is 0 Å². The predicted molar refractivity (Wildman–Crippen MR) is 103 cm³/mol. The maximum atomic E-state index is 12.0. The van der Waals surface area contributed by atoms with Crippen LogP contribution in [0.4, 0.5) is 0 Å². The SMILES string of the molecule is CCCCc1cc(=O)oc2c(C)c(OCC(=O)N[C@@H](CCC(=O)[O-])C(=O)[O-])ccc12. The zero-order valence-electron chi connectivity index (χ0n) is 16.8. The summed E-state index contributed by atoms with van der Waals surface area (Å²) in [5.41, 5.74) is 1.30. The number of aryl methyl sites for hydroxylation is 2. The topological polar surface area (TPSA) is 149 Å². The van der Waals surface area contributed by atoms with E-state index in [1.807, 2.05) is 0 Å². The molecule has 0 saturated heterocycles. The highest BCUT2D eigenvalue weighted by Crippen LogP contribution is 2.29. The Labute approximate surface area is 172 Å². The molecule has 0 aliphatic heterocycles. The molecule has 2 aromatic rings. The maximum Gasteiger partial charge on any atom is 0.336 e. The number of rotatable bonds is 11. The zero-order valence-corrected chi connectivity index (χ0v) is 16.8. The Morgan fingerprint density at radius 2 is 1.97 bits per heavy atom. The standard InChI is InChI=1S/C21H25NO8/c1-3-4-5-13-10-19(26)30-20-12(2)16(8-6-14(13)20)29-11-17(23)22-15(21(27)28)7-9-18(24)25/h6,8,10,15H,3-5,7,9,11H2,1-2H3,(H,22,23)(H,24,25)(H,27,28)/p-2/t15-/m0/s1. The van der Waals surface area contributed by atoms with Gasteiger partial charge in [-0.05, 0) is 50.3 Å². The Kier molecular flexibility index (Phi) is 7.97. The molecule has 0 radical (unpaired) electrons. The van der Waals surface area contributed by atoms with Gasteiger partial charge in [0.15, 0.2) is 6.61 Å². The third-order valence-electron chi connectivity index (χ3n) is 4.61. The minimum Gasteiger partial charge on any atom is -0.550 e. The van der Waals surface area contributed by atoms with Gasteiger partial charge in [-0.1, -0.05) is 13.3 Å². The van der Waals surface area contributed by atoms with Gasteiger partial charge in [0.05, 0.1) is 12.0 Å². The number of carbonyl (C=O) groups is 3. The number of carbonyl (C=O) groups excluding carboxylic acids is 3. The van der Waals surface area contributed by atoms with Gasteiger partial charge in [0, 0.05) is 23.0 Å². The number of benzene rings is 1. The summed E-state index contributed by atoms with van der Waals surface area (Å²) in [6.45, 7) is 3.23. The molecular formula is C21H23NO8-2. The summed E-state index contributed by atoms with van der Waals surface area (Å²) in [6.07, 6.45) is 1.73. The molecule has 30 heavy (non-hydrogen) atoms. The van der Waals surface area contributed by atoms with Gasteiger partial charge in [-0.25, -0.2) is 4.79 Å². The van der Waals surface area contributed by atoms with Crippen LogP contribution in [0.1, 0.15) is 43.7 Å². The zero-order chi connectivity index (χ0) is 22.3. The lowest BCUT2D eigenvalue weighted by Gasteiger charge is -2.20. The summed E-state index contributed by atoms with van der Waals surface area (Å²) in [5, 5.41) is 24.5. The van der Waals surface area contributed by atoms with Gasteiger partial charge in [0.1, 0.15) is 11.3 Å². The van der Waals surface area contributed by atoms with Crippen LogP contribution in [0.2, 0.25) is 0 Å². The molecule has 1 aromatic heterocycles. The van der Waals surface area contributed by atoms with Crippen LogP contribution in [0.3, 0.4) is 0 Å². The van der Waals surface area contributed by atoms with E-state index in [1.165, 1.54) is 6.07 Å². The van der Waals surface area contributed by atoms with Gasteiger partial charge in [-0.15, -0.1) is 0 Å². The summed E-state index contributed by atoms with van der Waals surface area (Å²) < 4.78 is 10.8. The van der Waals surface area contributed by atoms with Crippen LogP contribution in [0.25, 0.3) is 11.0 Å². The molecule has 0 unspecified atom stereocenters. The maximum absolute atomic E-state index is 12.0. The molecule has 162 valence electrons. The Hall–Kier alpha value is -3.36. The van der Waals surface area contributed by atoms with E-state index >= 15 is 0 Å². The molecule has 0 saturated carbocycles. The first-order valence-corrected chi connectivity index (χ1v) is 9.62. The Morgan fingerprint density at radius 3 is 2.60 bits per heavy atom. The molecular weight excluding hydrogens is 394 g/mol. The summed E-state index contributed by atoms with van der Waals surface area (Å²) >= 11 is 0. The molecule has 1 N–H and O–H groups in total. The van der Waals surface area contributed by atoms with Gasteiger partial charge < -0.3 is 34.3 Å². The highest BCUT2D eigenvalue weighted by Gasteiger charge is 2.16. The van der Waals surface area contributed by atoms with Crippen LogP contribution in [0, 0.1) is 6.92 Å². The van der Waals surface area contributed by atoms with Crippen molar-refractivity contribution < 1.29 is 33.8 Å². The fourth-order valence-corrected chi connectivity index (χ4v) is 3.03. The molecule has 1 heterocycles. The number of hydrogen-bond acceptors (Lipinski definition) is 8. The van der Waals surface area contributed by atoms with E-state index in [0.29, 0.717) is 16.9 Å². The van der Waals surface area contributed by atoms with Gasteiger partial charge >= 0.3 is 5.63 Å².